The van der Waals surface area contributed by atoms with Gasteiger partial charge in [0.15, 0.2) is 5.76 Å². The van der Waals surface area contributed by atoms with Crippen LogP contribution in [0.2, 0.25) is 0 Å². The van der Waals surface area contributed by atoms with Crippen molar-refractivity contribution in [2.45, 2.75) is 6.54 Å². The topological polar surface area (TPSA) is 80.1 Å². The number of carbonyl (C=O) groups excluding carboxylic acids is 1. The van der Waals surface area contributed by atoms with E-state index in [0.29, 0.717) is 34.8 Å². The van der Waals surface area contributed by atoms with Crippen molar-refractivity contribution in [1.29, 1.82) is 0 Å². The molecule has 0 radical (unpaired) electrons. The third kappa shape index (κ3) is 3.05. The van der Waals surface area contributed by atoms with Gasteiger partial charge in [-0.25, -0.2) is 0 Å². The SMILES string of the molecule is COc1c(C(=O)NCc2cccs2)ccc2n[nH]c(-c3cc4ccccc4o3)c12. The molecule has 0 aliphatic rings. The molecule has 29 heavy (non-hydrogen) atoms. The smallest absolute Gasteiger partial charge is 0.255 e. The number of hydrogen-bond donors (Lipinski definition) is 2. The van der Waals surface area contributed by atoms with Crippen LogP contribution in [0.4, 0.5) is 0 Å². The minimum atomic E-state index is -0.200. The maximum Gasteiger partial charge on any atom is 0.255 e. The lowest BCUT2D eigenvalue weighted by Crippen LogP contribution is -2.22. The first-order valence-electron chi connectivity index (χ1n) is 9.09. The Balaban J connectivity index is 1.58. The van der Waals surface area contributed by atoms with Crippen molar-refractivity contribution in [2.75, 3.05) is 7.11 Å². The van der Waals surface area contributed by atoms with Crippen LogP contribution in [-0.4, -0.2) is 23.2 Å². The number of para-hydroxylation sites is 1. The molecule has 3 aromatic heterocycles. The number of aromatic nitrogens is 2. The van der Waals surface area contributed by atoms with Gasteiger partial charge in [0.05, 0.1) is 30.1 Å². The van der Waals surface area contributed by atoms with Crippen molar-refractivity contribution in [1.82, 2.24) is 15.5 Å². The van der Waals surface area contributed by atoms with Crippen LogP contribution in [0.25, 0.3) is 33.3 Å². The molecular formula is C22H17N3O3S. The number of furan rings is 1. The number of hydrogen-bond acceptors (Lipinski definition) is 5. The van der Waals surface area contributed by atoms with Gasteiger partial charge in [0, 0.05) is 10.3 Å². The minimum absolute atomic E-state index is 0.200. The minimum Gasteiger partial charge on any atom is -0.495 e. The quantitative estimate of drug-likeness (QED) is 0.434. The fourth-order valence-corrected chi connectivity index (χ4v) is 4.07. The summed E-state index contributed by atoms with van der Waals surface area (Å²) in [6.07, 6.45) is 0. The highest BCUT2D eigenvalue weighted by Gasteiger charge is 2.22. The zero-order chi connectivity index (χ0) is 19.8. The van der Waals surface area contributed by atoms with Crippen LogP contribution in [0, 0.1) is 0 Å². The van der Waals surface area contributed by atoms with E-state index in [9.17, 15) is 4.79 Å². The molecule has 0 saturated heterocycles. The summed E-state index contributed by atoms with van der Waals surface area (Å²) in [6, 6.07) is 17.2. The zero-order valence-corrected chi connectivity index (χ0v) is 16.4. The van der Waals surface area contributed by atoms with E-state index in [-0.39, 0.29) is 5.91 Å². The number of H-pyrrole nitrogens is 1. The fourth-order valence-electron chi connectivity index (χ4n) is 3.43. The van der Waals surface area contributed by atoms with Gasteiger partial charge in [-0.2, -0.15) is 5.10 Å². The number of rotatable bonds is 5. The van der Waals surface area contributed by atoms with Gasteiger partial charge in [0.1, 0.15) is 17.0 Å². The summed E-state index contributed by atoms with van der Waals surface area (Å²) < 4.78 is 11.6. The van der Waals surface area contributed by atoms with Gasteiger partial charge in [0.2, 0.25) is 0 Å². The number of methoxy groups -OCH3 is 1. The van der Waals surface area contributed by atoms with Gasteiger partial charge in [-0.15, -0.1) is 11.3 Å². The molecule has 3 heterocycles. The van der Waals surface area contributed by atoms with Gasteiger partial charge in [0.25, 0.3) is 5.91 Å². The number of ether oxygens (including phenoxy) is 1. The second kappa shape index (κ2) is 7.10. The Hall–Kier alpha value is -3.58. The number of nitrogens with one attached hydrogen (secondary N) is 2. The van der Waals surface area contributed by atoms with Crippen LogP contribution < -0.4 is 10.1 Å². The van der Waals surface area contributed by atoms with E-state index in [1.165, 1.54) is 0 Å². The number of benzene rings is 2. The summed E-state index contributed by atoms with van der Waals surface area (Å²) in [5.74, 6) is 0.910. The van der Waals surface area contributed by atoms with Gasteiger partial charge in [-0.3, -0.25) is 9.89 Å². The van der Waals surface area contributed by atoms with Crippen LogP contribution in [-0.2, 0) is 6.54 Å². The molecule has 0 fully saturated rings. The predicted octanol–water partition coefficient (Wildman–Crippen LogP) is 4.98. The maximum absolute atomic E-state index is 12.8. The van der Waals surface area contributed by atoms with Crippen LogP contribution in [0.3, 0.4) is 0 Å². The van der Waals surface area contributed by atoms with E-state index in [0.717, 1.165) is 21.2 Å². The van der Waals surface area contributed by atoms with Gasteiger partial charge in [-0.1, -0.05) is 24.3 Å². The molecule has 5 rings (SSSR count). The van der Waals surface area contributed by atoms with E-state index in [1.54, 1.807) is 30.6 Å². The summed E-state index contributed by atoms with van der Waals surface area (Å²) in [7, 11) is 1.56. The number of amides is 1. The van der Waals surface area contributed by atoms with Gasteiger partial charge in [-0.05, 0) is 35.7 Å². The third-order valence-electron chi connectivity index (χ3n) is 4.80. The predicted molar refractivity (Wildman–Crippen MR) is 113 cm³/mol. The fraction of sp³-hybridized carbons (Fsp3) is 0.0909. The Labute approximate surface area is 170 Å². The zero-order valence-electron chi connectivity index (χ0n) is 15.6. The highest BCUT2D eigenvalue weighted by molar-refractivity contribution is 7.09. The first kappa shape index (κ1) is 17.5. The van der Waals surface area contributed by atoms with E-state index in [2.05, 4.69) is 15.5 Å². The van der Waals surface area contributed by atoms with Crippen LogP contribution in [0.1, 0.15) is 15.2 Å². The molecule has 2 aromatic carbocycles. The summed E-state index contributed by atoms with van der Waals surface area (Å²) >= 11 is 1.60. The van der Waals surface area contributed by atoms with Crippen LogP contribution >= 0.6 is 11.3 Å². The van der Waals surface area contributed by atoms with Gasteiger partial charge >= 0.3 is 0 Å². The summed E-state index contributed by atoms with van der Waals surface area (Å²) in [6.45, 7) is 0.472. The molecule has 0 aliphatic heterocycles. The molecule has 0 atom stereocenters. The first-order valence-corrected chi connectivity index (χ1v) is 9.97. The second-order valence-corrected chi connectivity index (χ2v) is 7.58. The summed E-state index contributed by atoms with van der Waals surface area (Å²) in [5, 5.41) is 14.0. The number of carbonyl (C=O) groups is 1. The molecule has 0 spiro atoms. The van der Waals surface area contributed by atoms with Crippen molar-refractivity contribution in [3.63, 3.8) is 0 Å². The van der Waals surface area contributed by atoms with E-state index >= 15 is 0 Å². The van der Waals surface area contributed by atoms with E-state index in [4.69, 9.17) is 9.15 Å². The number of aromatic amines is 1. The average molecular weight is 403 g/mol. The number of thiophene rings is 1. The molecule has 144 valence electrons. The van der Waals surface area contributed by atoms with Crippen molar-refractivity contribution < 1.29 is 13.9 Å². The van der Waals surface area contributed by atoms with E-state index < -0.39 is 0 Å². The number of nitrogens with zero attached hydrogens (tertiary/aromatic N) is 1. The van der Waals surface area contributed by atoms with Crippen molar-refractivity contribution in [2.24, 2.45) is 0 Å². The lowest BCUT2D eigenvalue weighted by Gasteiger charge is -2.10. The van der Waals surface area contributed by atoms with Gasteiger partial charge < -0.3 is 14.5 Å². The standard InChI is InChI=1S/C22H17N3O3S/c1-27-21-15(22(26)23-12-14-6-4-10-29-14)8-9-16-19(21)20(25-24-16)18-11-13-5-2-3-7-17(13)28-18/h2-11H,12H2,1H3,(H,23,26)(H,24,25). The van der Waals surface area contributed by atoms with Crippen LogP contribution in [0.15, 0.2) is 64.4 Å². The molecule has 0 aliphatic carbocycles. The van der Waals surface area contributed by atoms with E-state index in [1.807, 2.05) is 47.8 Å². The van der Waals surface area contributed by atoms with Crippen molar-refractivity contribution >= 4 is 39.1 Å². The molecule has 0 bridgehead atoms. The molecule has 7 heteroatoms. The Morgan fingerprint density at radius 2 is 2.10 bits per heavy atom. The normalized spacial score (nSPS) is 11.2. The summed E-state index contributed by atoms with van der Waals surface area (Å²) in [4.78, 5) is 13.9. The first-order chi connectivity index (χ1) is 14.2. The highest BCUT2D eigenvalue weighted by Crippen LogP contribution is 2.38. The molecule has 0 saturated carbocycles. The Kier molecular flexibility index (Phi) is 4.29. The average Bonchev–Trinajstić information content (AvgIpc) is 3.49. The Morgan fingerprint density at radius 1 is 1.21 bits per heavy atom. The lowest BCUT2D eigenvalue weighted by molar-refractivity contribution is 0.0948. The molecule has 6 nitrogen and oxygen atoms in total. The second-order valence-electron chi connectivity index (χ2n) is 6.55. The molecule has 5 aromatic rings. The molecule has 1 amide bonds. The summed E-state index contributed by atoms with van der Waals surface area (Å²) in [5.41, 5.74) is 2.62. The monoisotopic (exact) mass is 403 g/mol. The lowest BCUT2D eigenvalue weighted by atomic mass is 10.1. The largest absolute Gasteiger partial charge is 0.495 e. The van der Waals surface area contributed by atoms with Crippen molar-refractivity contribution in [3.8, 4) is 17.2 Å². The van der Waals surface area contributed by atoms with Crippen LogP contribution in [0.5, 0.6) is 5.75 Å². The maximum atomic E-state index is 12.8. The molecule has 2 N–H and O–H groups in total. The third-order valence-corrected chi connectivity index (χ3v) is 5.67. The Bertz CT molecular complexity index is 1290. The molecular weight excluding hydrogens is 386 g/mol. The Morgan fingerprint density at radius 3 is 2.90 bits per heavy atom. The molecule has 0 unspecified atom stereocenters. The highest BCUT2D eigenvalue weighted by atomic mass is 32.1. The number of fused-ring (bicyclic) bond motifs is 2. The van der Waals surface area contributed by atoms with Crippen molar-refractivity contribution in [3.05, 3.63) is 70.4 Å².